The zero-order valence-electron chi connectivity index (χ0n) is 18.7. The Labute approximate surface area is 196 Å². The summed E-state index contributed by atoms with van der Waals surface area (Å²) >= 11 is 0. The number of ether oxygens (including phenoxy) is 1. The normalized spacial score (nSPS) is 14.0. The van der Waals surface area contributed by atoms with Gasteiger partial charge >= 0.3 is 11.6 Å². The quantitative estimate of drug-likeness (QED) is 0.234. The van der Waals surface area contributed by atoms with Gasteiger partial charge in [0.2, 0.25) is 5.82 Å². The number of hydrogen-bond acceptors (Lipinski definition) is 9. The highest BCUT2D eigenvalue weighted by atomic mass is 16.6. The first-order valence-electron chi connectivity index (χ1n) is 10.8. The highest BCUT2D eigenvalue weighted by Gasteiger charge is 2.31. The lowest BCUT2D eigenvalue weighted by Crippen LogP contribution is -2.46. The molecule has 2 aromatic carbocycles. The first kappa shape index (κ1) is 23.1. The highest BCUT2D eigenvalue weighted by molar-refractivity contribution is 5.97. The van der Waals surface area contributed by atoms with Crippen LogP contribution in [-0.4, -0.2) is 51.9 Å². The molecule has 0 saturated carbocycles. The van der Waals surface area contributed by atoms with Gasteiger partial charge in [-0.2, -0.15) is 4.98 Å². The van der Waals surface area contributed by atoms with Gasteiger partial charge < -0.3 is 9.64 Å². The van der Waals surface area contributed by atoms with Crippen molar-refractivity contribution in [2.24, 2.45) is 5.84 Å². The standard InChI is InChI=1S/C23H25N7O4/c1-16-6-5-9-18(22(31)27-24)20(16)34-23-19(30(32)33)21(25-15-26-23)29-12-10-28(11-13-29)14-17-7-3-2-4-8-17/h2-9,15H,10-14,24H2,1H3,(H,27,31). The van der Waals surface area contributed by atoms with E-state index in [1.54, 1.807) is 19.1 Å². The molecule has 1 aliphatic heterocycles. The van der Waals surface area contributed by atoms with Gasteiger partial charge in [-0.25, -0.2) is 10.8 Å². The van der Waals surface area contributed by atoms with Crippen LogP contribution in [0.3, 0.4) is 0 Å². The molecule has 4 rings (SSSR count). The number of benzene rings is 2. The van der Waals surface area contributed by atoms with E-state index in [2.05, 4.69) is 32.4 Å². The summed E-state index contributed by atoms with van der Waals surface area (Å²) in [6.45, 7) is 5.12. The van der Waals surface area contributed by atoms with Crippen LogP contribution >= 0.6 is 0 Å². The van der Waals surface area contributed by atoms with E-state index in [4.69, 9.17) is 10.6 Å². The number of anilines is 1. The largest absolute Gasteiger partial charge is 0.432 e. The minimum Gasteiger partial charge on any atom is -0.432 e. The molecule has 1 fully saturated rings. The second-order valence-corrected chi connectivity index (χ2v) is 7.88. The van der Waals surface area contributed by atoms with E-state index in [0.29, 0.717) is 18.7 Å². The maximum Gasteiger partial charge on any atom is 0.373 e. The van der Waals surface area contributed by atoms with Gasteiger partial charge in [-0.15, -0.1) is 0 Å². The number of nitrogens with two attached hydrogens (primary N) is 1. The molecule has 1 aliphatic rings. The number of carbonyl (C=O) groups is 1. The fraction of sp³-hybridized carbons (Fsp3) is 0.261. The number of nitrogens with zero attached hydrogens (tertiary/aromatic N) is 5. The van der Waals surface area contributed by atoms with Crippen LogP contribution in [0.1, 0.15) is 21.5 Å². The molecule has 11 nitrogen and oxygen atoms in total. The number of hydrogen-bond donors (Lipinski definition) is 2. The van der Waals surface area contributed by atoms with Crippen molar-refractivity contribution in [1.29, 1.82) is 0 Å². The van der Waals surface area contributed by atoms with Gasteiger partial charge in [0.15, 0.2) is 0 Å². The molecule has 0 aliphatic carbocycles. The van der Waals surface area contributed by atoms with E-state index in [0.717, 1.165) is 19.6 Å². The van der Waals surface area contributed by atoms with E-state index in [-0.39, 0.29) is 28.7 Å². The number of nitrogens with one attached hydrogen (secondary N) is 1. The van der Waals surface area contributed by atoms with E-state index in [9.17, 15) is 14.9 Å². The highest BCUT2D eigenvalue weighted by Crippen LogP contribution is 2.38. The number of para-hydroxylation sites is 1. The molecule has 1 saturated heterocycles. The molecule has 0 atom stereocenters. The van der Waals surface area contributed by atoms with Crippen LogP contribution in [0.5, 0.6) is 11.6 Å². The van der Waals surface area contributed by atoms with Crippen molar-refractivity contribution < 1.29 is 14.5 Å². The number of nitro groups is 1. The van der Waals surface area contributed by atoms with Crippen molar-refractivity contribution in [3.05, 3.63) is 81.7 Å². The molecular weight excluding hydrogens is 438 g/mol. The summed E-state index contributed by atoms with van der Waals surface area (Å²) in [5.41, 5.74) is 3.68. The maximum absolute atomic E-state index is 12.2. The van der Waals surface area contributed by atoms with Crippen LogP contribution in [0.2, 0.25) is 0 Å². The molecule has 34 heavy (non-hydrogen) atoms. The monoisotopic (exact) mass is 463 g/mol. The van der Waals surface area contributed by atoms with Crippen molar-refractivity contribution >= 4 is 17.4 Å². The number of rotatable bonds is 7. The van der Waals surface area contributed by atoms with Crippen molar-refractivity contribution in [2.75, 3.05) is 31.1 Å². The Morgan fingerprint density at radius 2 is 1.85 bits per heavy atom. The molecule has 11 heteroatoms. The fourth-order valence-electron chi connectivity index (χ4n) is 3.92. The van der Waals surface area contributed by atoms with Gasteiger partial charge in [0, 0.05) is 32.7 Å². The topological polar surface area (TPSA) is 140 Å². The Balaban J connectivity index is 1.58. The van der Waals surface area contributed by atoms with Gasteiger partial charge in [0.25, 0.3) is 5.91 Å². The minimum absolute atomic E-state index is 0.144. The molecular formula is C23H25N7O4. The average Bonchev–Trinajstić information content (AvgIpc) is 2.85. The first-order chi connectivity index (χ1) is 16.5. The molecule has 0 bridgehead atoms. The van der Waals surface area contributed by atoms with Crippen LogP contribution in [0.4, 0.5) is 11.5 Å². The Morgan fingerprint density at radius 1 is 1.12 bits per heavy atom. The minimum atomic E-state index is -0.579. The van der Waals surface area contributed by atoms with Crippen molar-refractivity contribution in [3.8, 4) is 11.6 Å². The lowest BCUT2D eigenvalue weighted by atomic mass is 10.1. The molecule has 3 aromatic rings. The fourth-order valence-corrected chi connectivity index (χ4v) is 3.92. The Morgan fingerprint density at radius 3 is 2.53 bits per heavy atom. The second kappa shape index (κ2) is 10.2. The summed E-state index contributed by atoms with van der Waals surface area (Å²) in [6.07, 6.45) is 1.23. The predicted octanol–water partition coefficient (Wildman–Crippen LogP) is 2.41. The number of carbonyl (C=O) groups excluding carboxylic acids is 1. The van der Waals surface area contributed by atoms with Crippen molar-refractivity contribution in [1.82, 2.24) is 20.3 Å². The molecule has 176 valence electrons. The smallest absolute Gasteiger partial charge is 0.373 e. The number of piperazine rings is 1. The third-order valence-electron chi connectivity index (χ3n) is 5.66. The summed E-state index contributed by atoms with van der Waals surface area (Å²) in [5.74, 6) is 4.80. The number of hydrazine groups is 1. The molecule has 2 heterocycles. The lowest BCUT2D eigenvalue weighted by Gasteiger charge is -2.35. The Bertz CT molecular complexity index is 1180. The third-order valence-corrected chi connectivity index (χ3v) is 5.66. The molecule has 0 radical (unpaired) electrons. The zero-order valence-corrected chi connectivity index (χ0v) is 18.7. The number of aromatic nitrogens is 2. The molecule has 1 aromatic heterocycles. The summed E-state index contributed by atoms with van der Waals surface area (Å²) in [5, 5.41) is 12.1. The van der Waals surface area contributed by atoms with E-state index in [1.807, 2.05) is 23.1 Å². The van der Waals surface area contributed by atoms with E-state index < -0.39 is 10.8 Å². The maximum atomic E-state index is 12.2. The van der Waals surface area contributed by atoms with Gasteiger partial charge in [-0.05, 0) is 24.1 Å². The SMILES string of the molecule is Cc1cccc(C(=O)NN)c1Oc1ncnc(N2CCN(Cc3ccccc3)CC2)c1[N+](=O)[O-]. The van der Waals surface area contributed by atoms with Gasteiger partial charge in [-0.1, -0.05) is 42.5 Å². The van der Waals surface area contributed by atoms with Crippen molar-refractivity contribution in [2.45, 2.75) is 13.5 Å². The van der Waals surface area contributed by atoms with Crippen LogP contribution in [0.25, 0.3) is 0 Å². The number of nitrogen functional groups attached to an aromatic ring is 1. The summed E-state index contributed by atoms with van der Waals surface area (Å²) in [7, 11) is 0. The number of amides is 1. The van der Waals surface area contributed by atoms with Crippen molar-refractivity contribution in [3.63, 3.8) is 0 Å². The van der Waals surface area contributed by atoms with Crippen LogP contribution in [0, 0.1) is 17.0 Å². The lowest BCUT2D eigenvalue weighted by molar-refractivity contribution is -0.385. The Hall–Kier alpha value is -4.09. The third kappa shape index (κ3) is 4.95. The second-order valence-electron chi connectivity index (χ2n) is 7.88. The predicted molar refractivity (Wildman–Crippen MR) is 126 cm³/mol. The molecule has 0 unspecified atom stereocenters. The van der Waals surface area contributed by atoms with E-state index in [1.165, 1.54) is 18.0 Å². The summed E-state index contributed by atoms with van der Waals surface area (Å²) < 4.78 is 5.84. The van der Waals surface area contributed by atoms with Gasteiger partial charge in [-0.3, -0.25) is 25.2 Å². The molecule has 3 N–H and O–H groups in total. The Kier molecular flexibility index (Phi) is 6.95. The van der Waals surface area contributed by atoms with Crippen LogP contribution in [-0.2, 0) is 6.54 Å². The van der Waals surface area contributed by atoms with E-state index >= 15 is 0 Å². The summed E-state index contributed by atoms with van der Waals surface area (Å²) in [4.78, 5) is 36.0. The van der Waals surface area contributed by atoms with Gasteiger partial charge in [0.05, 0.1) is 10.5 Å². The first-order valence-corrected chi connectivity index (χ1v) is 10.8. The molecule has 0 spiro atoms. The summed E-state index contributed by atoms with van der Waals surface area (Å²) in [6, 6.07) is 15.1. The van der Waals surface area contributed by atoms with Crippen LogP contribution < -0.4 is 20.9 Å². The van der Waals surface area contributed by atoms with Gasteiger partial charge in [0.1, 0.15) is 12.1 Å². The number of aryl methyl sites for hydroxylation is 1. The molecule has 1 amide bonds. The average molecular weight is 463 g/mol. The van der Waals surface area contributed by atoms with Crippen LogP contribution in [0.15, 0.2) is 54.9 Å². The zero-order chi connectivity index (χ0) is 24.1.